The van der Waals surface area contributed by atoms with Crippen LogP contribution < -0.4 is 10.0 Å². The number of rotatable bonds is 7. The molecule has 1 atom stereocenters. The molecule has 0 aliphatic carbocycles. The maximum atomic E-state index is 12.9. The second-order valence-corrected chi connectivity index (χ2v) is 9.26. The van der Waals surface area contributed by atoms with E-state index in [1.165, 1.54) is 67.6 Å². The number of benzene rings is 3. The van der Waals surface area contributed by atoms with Gasteiger partial charge in [-0.2, -0.15) is 13.2 Å². The van der Waals surface area contributed by atoms with Crippen LogP contribution in [0.2, 0.25) is 0 Å². The van der Waals surface area contributed by atoms with Crippen molar-refractivity contribution in [1.29, 1.82) is 0 Å². The van der Waals surface area contributed by atoms with E-state index in [9.17, 15) is 31.2 Å². The van der Waals surface area contributed by atoms with E-state index in [-0.39, 0.29) is 21.9 Å². The van der Waals surface area contributed by atoms with Crippen molar-refractivity contribution in [2.24, 2.45) is 0 Å². The number of Topliss-reactive ketones (excluding diaryl/α,β-unsaturated/α-hetero) is 1. The zero-order valence-corrected chi connectivity index (χ0v) is 19.0. The first-order chi connectivity index (χ1) is 15.9. The van der Waals surface area contributed by atoms with Crippen LogP contribution in [0.1, 0.15) is 51.7 Å². The highest BCUT2D eigenvalue weighted by Crippen LogP contribution is 2.30. The number of alkyl halides is 3. The van der Waals surface area contributed by atoms with Crippen LogP contribution >= 0.6 is 0 Å². The molecule has 0 aliphatic rings. The maximum absolute atomic E-state index is 12.9. The molecule has 34 heavy (non-hydrogen) atoms. The fraction of sp³-hybridized carbons (Fsp3) is 0.167. The molecule has 1 amide bonds. The summed E-state index contributed by atoms with van der Waals surface area (Å²) in [7, 11) is -3.91. The number of hydrogen-bond acceptors (Lipinski definition) is 4. The summed E-state index contributed by atoms with van der Waals surface area (Å²) in [6, 6.07) is 15.0. The molecule has 0 aliphatic heterocycles. The molecule has 0 fully saturated rings. The van der Waals surface area contributed by atoms with E-state index in [0.717, 1.165) is 12.1 Å². The highest BCUT2D eigenvalue weighted by molar-refractivity contribution is 7.92. The van der Waals surface area contributed by atoms with E-state index < -0.39 is 33.7 Å². The minimum absolute atomic E-state index is 0.0331. The van der Waals surface area contributed by atoms with Crippen molar-refractivity contribution >= 4 is 27.4 Å². The molecule has 3 aromatic rings. The lowest BCUT2D eigenvalue weighted by Gasteiger charge is -2.16. The van der Waals surface area contributed by atoms with Crippen molar-refractivity contribution in [3.63, 3.8) is 0 Å². The van der Waals surface area contributed by atoms with E-state index in [1.807, 2.05) is 0 Å². The molecule has 2 N–H and O–H groups in total. The van der Waals surface area contributed by atoms with Gasteiger partial charge < -0.3 is 5.32 Å². The topological polar surface area (TPSA) is 92.3 Å². The Morgan fingerprint density at radius 2 is 1.47 bits per heavy atom. The lowest BCUT2D eigenvalue weighted by molar-refractivity contribution is -0.137. The Hall–Kier alpha value is -3.66. The monoisotopic (exact) mass is 490 g/mol. The molecule has 0 unspecified atom stereocenters. The van der Waals surface area contributed by atoms with E-state index in [2.05, 4.69) is 10.0 Å². The molecule has 0 saturated carbocycles. The summed E-state index contributed by atoms with van der Waals surface area (Å²) in [6.45, 7) is 2.94. The summed E-state index contributed by atoms with van der Waals surface area (Å²) in [4.78, 5) is 23.8. The van der Waals surface area contributed by atoms with Crippen molar-refractivity contribution in [2.45, 2.75) is 31.0 Å². The van der Waals surface area contributed by atoms with E-state index in [1.54, 1.807) is 6.92 Å². The highest BCUT2D eigenvalue weighted by atomic mass is 32.2. The van der Waals surface area contributed by atoms with Gasteiger partial charge in [-0.25, -0.2) is 8.42 Å². The minimum atomic E-state index is -4.49. The number of hydrogen-bond donors (Lipinski definition) is 2. The van der Waals surface area contributed by atoms with E-state index in [4.69, 9.17) is 0 Å². The Morgan fingerprint density at radius 3 is 2.03 bits per heavy atom. The zero-order valence-electron chi connectivity index (χ0n) is 18.2. The predicted octanol–water partition coefficient (Wildman–Crippen LogP) is 5.20. The summed E-state index contributed by atoms with van der Waals surface area (Å²) in [5, 5.41) is 2.63. The van der Waals surface area contributed by atoms with Gasteiger partial charge in [-0.05, 0) is 67.9 Å². The van der Waals surface area contributed by atoms with Crippen LogP contribution in [0.25, 0.3) is 0 Å². The lowest BCUT2D eigenvalue weighted by Crippen LogP contribution is -2.26. The Kier molecular flexibility index (Phi) is 7.11. The van der Waals surface area contributed by atoms with Crippen LogP contribution in [-0.4, -0.2) is 20.1 Å². The predicted molar refractivity (Wildman–Crippen MR) is 121 cm³/mol. The quantitative estimate of drug-likeness (QED) is 0.446. The lowest BCUT2D eigenvalue weighted by atomic mass is 10.0. The molecule has 3 aromatic carbocycles. The van der Waals surface area contributed by atoms with Gasteiger partial charge in [0.2, 0.25) is 0 Å². The first-order valence-corrected chi connectivity index (χ1v) is 11.6. The van der Waals surface area contributed by atoms with Crippen LogP contribution in [0.3, 0.4) is 0 Å². The van der Waals surface area contributed by atoms with Crippen LogP contribution in [0.15, 0.2) is 77.7 Å². The molecule has 0 heterocycles. The molecular formula is C24H21F3N2O4S. The van der Waals surface area contributed by atoms with Gasteiger partial charge in [0.1, 0.15) is 0 Å². The molecule has 0 spiro atoms. The highest BCUT2D eigenvalue weighted by Gasteiger charge is 2.30. The van der Waals surface area contributed by atoms with Crippen molar-refractivity contribution in [3.8, 4) is 0 Å². The van der Waals surface area contributed by atoms with Crippen LogP contribution in [0, 0.1) is 0 Å². The number of amides is 1. The Balaban J connectivity index is 1.68. The molecule has 10 heteroatoms. The second-order valence-electron chi connectivity index (χ2n) is 7.58. The number of ketones is 1. The van der Waals surface area contributed by atoms with Crippen LogP contribution in [0.5, 0.6) is 0 Å². The molecule has 6 nitrogen and oxygen atoms in total. The first-order valence-electron chi connectivity index (χ1n) is 10.1. The summed E-state index contributed by atoms with van der Waals surface area (Å²) in [5.41, 5.74) is 0.279. The summed E-state index contributed by atoms with van der Waals surface area (Å²) in [5.74, 6) is -0.715. The maximum Gasteiger partial charge on any atom is 0.416 e. The van der Waals surface area contributed by atoms with Gasteiger partial charge in [-0.3, -0.25) is 14.3 Å². The normalized spacial score (nSPS) is 12.6. The molecule has 0 saturated heterocycles. The minimum Gasteiger partial charge on any atom is -0.346 e. The van der Waals surface area contributed by atoms with Gasteiger partial charge in [0.05, 0.1) is 16.5 Å². The SMILES string of the molecule is CC(=O)c1ccc(S(=O)(=O)Nc2ccc(C(=O)N[C@H](C)c3cccc(C(F)(F)F)c3)cc2)cc1. The molecule has 0 bridgehead atoms. The Labute approximate surface area is 194 Å². The summed E-state index contributed by atoms with van der Waals surface area (Å²) in [6.07, 6.45) is -4.49. The van der Waals surface area contributed by atoms with Gasteiger partial charge in [0.25, 0.3) is 15.9 Å². The van der Waals surface area contributed by atoms with Gasteiger partial charge in [0.15, 0.2) is 5.78 Å². The summed E-state index contributed by atoms with van der Waals surface area (Å²) >= 11 is 0. The number of anilines is 1. The average molecular weight is 491 g/mol. The average Bonchev–Trinajstić information content (AvgIpc) is 2.79. The molecule has 0 aromatic heterocycles. The molecular weight excluding hydrogens is 469 g/mol. The number of nitrogens with one attached hydrogen (secondary N) is 2. The molecule has 3 rings (SSSR count). The Bertz CT molecular complexity index is 1300. The largest absolute Gasteiger partial charge is 0.416 e. The van der Waals surface area contributed by atoms with Crippen molar-refractivity contribution < 1.29 is 31.2 Å². The van der Waals surface area contributed by atoms with Gasteiger partial charge in [-0.15, -0.1) is 0 Å². The van der Waals surface area contributed by atoms with Gasteiger partial charge >= 0.3 is 6.18 Å². The number of halogens is 3. The Morgan fingerprint density at radius 1 is 0.882 bits per heavy atom. The van der Waals surface area contributed by atoms with Crippen molar-refractivity contribution in [2.75, 3.05) is 4.72 Å². The second kappa shape index (κ2) is 9.68. The molecule has 0 radical (unpaired) electrons. The third-order valence-electron chi connectivity index (χ3n) is 5.03. The van der Waals surface area contributed by atoms with Crippen molar-refractivity contribution in [3.05, 3.63) is 95.1 Å². The third kappa shape index (κ3) is 6.02. The first kappa shape index (κ1) is 25.0. The van der Waals surface area contributed by atoms with Crippen LogP contribution in [0.4, 0.5) is 18.9 Å². The van der Waals surface area contributed by atoms with Gasteiger partial charge in [0, 0.05) is 16.8 Å². The van der Waals surface area contributed by atoms with Crippen molar-refractivity contribution in [1.82, 2.24) is 5.32 Å². The smallest absolute Gasteiger partial charge is 0.346 e. The number of carbonyl (C=O) groups excluding carboxylic acids is 2. The zero-order chi connectivity index (χ0) is 25.1. The fourth-order valence-electron chi connectivity index (χ4n) is 3.12. The molecule has 178 valence electrons. The fourth-order valence-corrected chi connectivity index (χ4v) is 4.18. The standard InChI is InChI=1S/C24H21F3N2O4S/c1-15(19-4-3-5-20(14-19)24(25,26)27)28-23(31)18-6-10-21(11-7-18)29-34(32,33)22-12-8-17(9-13-22)16(2)30/h3-15,29H,1-2H3,(H,28,31)/t15-/m1/s1. The number of carbonyl (C=O) groups is 2. The summed E-state index contributed by atoms with van der Waals surface area (Å²) < 4.78 is 66.2. The van der Waals surface area contributed by atoms with E-state index >= 15 is 0 Å². The van der Waals surface area contributed by atoms with Crippen LogP contribution in [-0.2, 0) is 16.2 Å². The van der Waals surface area contributed by atoms with E-state index in [0.29, 0.717) is 11.1 Å². The third-order valence-corrected chi connectivity index (χ3v) is 6.43. The number of sulfonamides is 1. The van der Waals surface area contributed by atoms with Gasteiger partial charge in [-0.1, -0.05) is 24.3 Å².